The Hall–Kier alpha value is -0.135. The first kappa shape index (κ1) is 10.8. The molecule has 0 aliphatic heterocycles. The van der Waals surface area contributed by atoms with Gasteiger partial charge in [-0.05, 0) is 7.05 Å². The Morgan fingerprint density at radius 3 is 1.50 bits per heavy atom. The van der Waals surface area contributed by atoms with Crippen LogP contribution in [0.2, 0.25) is 0 Å². The number of aliphatic hydroxyl groups excluding tert-OH is 1. The van der Waals surface area contributed by atoms with Gasteiger partial charge in [-0.25, -0.2) is 0 Å². The van der Waals surface area contributed by atoms with Gasteiger partial charge in [-0.2, -0.15) is 0 Å². The zero-order valence-electron chi connectivity index (χ0n) is 4.57. The van der Waals surface area contributed by atoms with E-state index < -0.39 is 7.32 Å². The number of nitrogens with one attached hydrogen (secondary N) is 1. The quantitative estimate of drug-likeness (QED) is 0.190. The molecule has 0 atom stereocenters. The van der Waals surface area contributed by atoms with Crippen LogP contribution in [0.4, 0.5) is 0 Å². The second-order valence-corrected chi connectivity index (χ2v) is 0.858. The summed E-state index contributed by atoms with van der Waals surface area (Å²) in [4.78, 5) is 0. The maximum atomic E-state index is 7.76. The van der Waals surface area contributed by atoms with E-state index >= 15 is 0 Å². The van der Waals surface area contributed by atoms with Crippen molar-refractivity contribution in [3.63, 3.8) is 0 Å². The number of hydrogen-bond donors (Lipinski definition) is 5. The van der Waals surface area contributed by atoms with Crippen molar-refractivity contribution in [2.45, 2.75) is 0 Å². The van der Waals surface area contributed by atoms with Crippen molar-refractivity contribution in [3.05, 3.63) is 0 Å². The summed E-state index contributed by atoms with van der Waals surface area (Å²) in [6.45, 7) is 0.0694. The fourth-order valence-electron chi connectivity index (χ4n) is 0. The largest absolute Gasteiger partial charge is 0.631 e. The maximum absolute atomic E-state index is 7.76. The van der Waals surface area contributed by atoms with Crippen molar-refractivity contribution < 1.29 is 20.2 Å². The molecule has 0 bridgehead atoms. The SMILES string of the molecule is CNCO.OB(O)O. The first-order valence-electron chi connectivity index (χ1n) is 1.94. The molecule has 0 saturated carbocycles. The molecule has 5 nitrogen and oxygen atoms in total. The smallest absolute Gasteiger partial charge is 0.402 e. The van der Waals surface area contributed by atoms with Crippen molar-refractivity contribution in [1.82, 2.24) is 5.32 Å². The Morgan fingerprint density at radius 1 is 1.38 bits per heavy atom. The van der Waals surface area contributed by atoms with E-state index in [0.29, 0.717) is 0 Å². The lowest BCUT2D eigenvalue weighted by atomic mass is 10.3. The van der Waals surface area contributed by atoms with Gasteiger partial charge in [0.2, 0.25) is 0 Å². The summed E-state index contributed by atoms with van der Waals surface area (Å²) in [7, 11) is -0.486. The molecule has 0 unspecified atom stereocenters. The number of aliphatic hydroxyl groups is 1. The second-order valence-electron chi connectivity index (χ2n) is 0.858. The molecule has 0 amide bonds. The van der Waals surface area contributed by atoms with Crippen LogP contribution in [0, 0.1) is 0 Å². The molecule has 6 heteroatoms. The molecular formula is C2H10BNO4. The molecule has 0 rings (SSSR count). The zero-order valence-corrected chi connectivity index (χ0v) is 4.57. The van der Waals surface area contributed by atoms with Crippen molar-refractivity contribution in [2.75, 3.05) is 13.8 Å². The van der Waals surface area contributed by atoms with Gasteiger partial charge in [0.25, 0.3) is 0 Å². The van der Waals surface area contributed by atoms with Gasteiger partial charge in [0.15, 0.2) is 0 Å². The van der Waals surface area contributed by atoms with Crippen LogP contribution in [0.3, 0.4) is 0 Å². The Bertz CT molecular complexity index is 30.5. The highest BCUT2D eigenvalue weighted by Gasteiger charge is 1.92. The van der Waals surface area contributed by atoms with E-state index in [-0.39, 0.29) is 6.73 Å². The van der Waals surface area contributed by atoms with Gasteiger partial charge in [-0.1, -0.05) is 0 Å². The highest BCUT2D eigenvalue weighted by atomic mass is 16.5. The normalized spacial score (nSPS) is 7.12. The molecule has 0 aliphatic carbocycles. The van der Waals surface area contributed by atoms with Gasteiger partial charge in [0, 0.05) is 0 Å². The number of rotatable bonds is 1. The Kier molecular flexibility index (Phi) is 13.4. The molecule has 0 fully saturated rings. The summed E-state index contributed by atoms with van der Waals surface area (Å²) in [6.07, 6.45) is 0. The topological polar surface area (TPSA) is 93.0 Å². The van der Waals surface area contributed by atoms with Crippen LogP contribution in [0.15, 0.2) is 0 Å². The molecule has 8 heavy (non-hydrogen) atoms. The monoisotopic (exact) mass is 123 g/mol. The molecular weight excluding hydrogens is 113 g/mol. The fourth-order valence-corrected chi connectivity index (χ4v) is 0. The third-order valence-corrected chi connectivity index (χ3v) is 0.158. The van der Waals surface area contributed by atoms with E-state index in [0.717, 1.165) is 0 Å². The Balaban J connectivity index is 0. The molecule has 0 saturated heterocycles. The van der Waals surface area contributed by atoms with Gasteiger partial charge in [-0.15, -0.1) is 0 Å². The van der Waals surface area contributed by atoms with E-state index in [1.165, 1.54) is 0 Å². The summed E-state index contributed by atoms with van der Waals surface area (Å²) in [5.41, 5.74) is 0. The summed E-state index contributed by atoms with van der Waals surface area (Å²) in [5.74, 6) is 0. The summed E-state index contributed by atoms with van der Waals surface area (Å²) in [5, 5.41) is 31.8. The minimum atomic E-state index is -2.17. The first-order chi connectivity index (χ1) is 3.65. The summed E-state index contributed by atoms with van der Waals surface area (Å²) >= 11 is 0. The van der Waals surface area contributed by atoms with Gasteiger partial charge >= 0.3 is 7.32 Å². The van der Waals surface area contributed by atoms with Crippen LogP contribution >= 0.6 is 0 Å². The van der Waals surface area contributed by atoms with E-state index in [1.807, 2.05) is 0 Å². The number of hydrogen-bond acceptors (Lipinski definition) is 5. The van der Waals surface area contributed by atoms with Crippen LogP contribution in [0.25, 0.3) is 0 Å². The van der Waals surface area contributed by atoms with Crippen molar-refractivity contribution >= 4 is 7.32 Å². The van der Waals surface area contributed by atoms with Gasteiger partial charge < -0.3 is 20.2 Å². The third kappa shape index (κ3) is 186. The summed E-state index contributed by atoms with van der Waals surface area (Å²) < 4.78 is 0. The van der Waals surface area contributed by atoms with E-state index in [1.54, 1.807) is 7.05 Å². The van der Waals surface area contributed by atoms with E-state index in [9.17, 15) is 0 Å². The van der Waals surface area contributed by atoms with Gasteiger partial charge in [0.1, 0.15) is 0 Å². The van der Waals surface area contributed by atoms with Crippen LogP contribution in [0.1, 0.15) is 0 Å². The maximum Gasteiger partial charge on any atom is 0.631 e. The highest BCUT2D eigenvalue weighted by molar-refractivity contribution is 6.30. The third-order valence-electron chi connectivity index (χ3n) is 0.158. The Labute approximate surface area is 47.8 Å². The predicted molar refractivity (Wildman–Crippen MR) is 28.6 cm³/mol. The minimum absolute atomic E-state index is 0.0694. The Morgan fingerprint density at radius 2 is 1.50 bits per heavy atom. The molecule has 0 aromatic carbocycles. The molecule has 50 valence electrons. The van der Waals surface area contributed by atoms with Crippen LogP contribution in [-0.2, 0) is 0 Å². The van der Waals surface area contributed by atoms with Gasteiger partial charge in [-0.3, -0.25) is 5.32 Å². The molecule has 0 aromatic heterocycles. The van der Waals surface area contributed by atoms with Crippen molar-refractivity contribution in [1.29, 1.82) is 0 Å². The van der Waals surface area contributed by atoms with E-state index in [2.05, 4.69) is 5.32 Å². The zero-order chi connectivity index (χ0) is 6.99. The first-order valence-corrected chi connectivity index (χ1v) is 1.94. The minimum Gasteiger partial charge on any atom is -0.402 e. The van der Waals surface area contributed by atoms with Crippen LogP contribution in [0.5, 0.6) is 0 Å². The van der Waals surface area contributed by atoms with Gasteiger partial charge in [0.05, 0.1) is 6.73 Å². The average molecular weight is 123 g/mol. The lowest BCUT2D eigenvalue weighted by molar-refractivity contribution is 0.273. The van der Waals surface area contributed by atoms with Crippen LogP contribution in [-0.4, -0.2) is 41.3 Å². The molecule has 0 heterocycles. The summed E-state index contributed by atoms with van der Waals surface area (Å²) in [6, 6.07) is 0. The molecule has 0 aliphatic rings. The van der Waals surface area contributed by atoms with E-state index in [4.69, 9.17) is 20.2 Å². The van der Waals surface area contributed by atoms with Crippen molar-refractivity contribution in [2.24, 2.45) is 0 Å². The predicted octanol–water partition coefficient (Wildman–Crippen LogP) is -2.90. The molecule has 0 radical (unpaired) electrons. The fraction of sp³-hybridized carbons (Fsp3) is 1.00. The lowest BCUT2D eigenvalue weighted by Gasteiger charge is -1.76. The highest BCUT2D eigenvalue weighted by Crippen LogP contribution is 1.40. The van der Waals surface area contributed by atoms with Crippen LogP contribution < -0.4 is 5.32 Å². The standard InChI is InChI=1S/C2H7NO.BH3O3/c1-3-2-4;2-1(3)4/h3-4H,2H2,1H3;2-4H. The molecule has 0 aromatic rings. The average Bonchev–Trinajstić information content (AvgIpc) is 1.65. The molecule has 0 spiro atoms. The lowest BCUT2D eigenvalue weighted by Crippen LogP contribution is -2.07. The van der Waals surface area contributed by atoms with Crippen molar-refractivity contribution in [3.8, 4) is 0 Å². The molecule has 5 N–H and O–H groups in total. The second kappa shape index (κ2) is 9.98.